The van der Waals surface area contributed by atoms with Crippen molar-refractivity contribution >= 4 is 21.7 Å². The monoisotopic (exact) mass is 313 g/mol. The second-order valence-corrected chi connectivity index (χ2v) is 6.59. The molecule has 114 valence electrons. The molecule has 0 spiro atoms. The molecule has 8 nitrogen and oxygen atoms in total. The van der Waals surface area contributed by atoms with E-state index in [-0.39, 0.29) is 23.5 Å². The van der Waals surface area contributed by atoms with Gasteiger partial charge in [0.25, 0.3) is 5.69 Å². The largest absolute Gasteiger partial charge is 0.548 e. The molecule has 9 heteroatoms. The van der Waals surface area contributed by atoms with Crippen LogP contribution in [0.4, 0.5) is 5.69 Å². The van der Waals surface area contributed by atoms with Crippen LogP contribution in [0.5, 0.6) is 0 Å². The van der Waals surface area contributed by atoms with E-state index in [9.17, 15) is 28.4 Å². The SMILES string of the molecule is O=C([O-])[C@@H]1CCCCN1S(=O)(=O)c1ccc([N+](=O)[O-])cc1. The molecule has 1 saturated heterocycles. The minimum absolute atomic E-state index is 0.0952. The summed E-state index contributed by atoms with van der Waals surface area (Å²) < 4.78 is 25.8. The van der Waals surface area contributed by atoms with Crippen LogP contribution < -0.4 is 5.11 Å². The normalized spacial score (nSPS) is 20.1. The smallest absolute Gasteiger partial charge is 0.269 e. The second kappa shape index (κ2) is 5.78. The van der Waals surface area contributed by atoms with Gasteiger partial charge in [-0.15, -0.1) is 0 Å². The third-order valence-electron chi connectivity index (χ3n) is 3.38. The Bertz CT molecular complexity index is 655. The first-order chi connectivity index (χ1) is 9.84. The van der Waals surface area contributed by atoms with Crippen molar-refractivity contribution in [1.29, 1.82) is 0 Å². The molecule has 2 rings (SSSR count). The number of sulfonamides is 1. The number of carbonyl (C=O) groups is 1. The topological polar surface area (TPSA) is 121 Å². The molecule has 0 amide bonds. The molecule has 21 heavy (non-hydrogen) atoms. The van der Waals surface area contributed by atoms with Crippen molar-refractivity contribution in [2.75, 3.05) is 6.54 Å². The molecule has 1 fully saturated rings. The summed E-state index contributed by atoms with van der Waals surface area (Å²) in [5.74, 6) is -1.43. The Kier molecular flexibility index (Phi) is 4.24. The third kappa shape index (κ3) is 3.03. The maximum absolute atomic E-state index is 12.4. The summed E-state index contributed by atoms with van der Waals surface area (Å²) in [6.45, 7) is 0.0952. The Labute approximate surface area is 121 Å². The van der Waals surface area contributed by atoms with Crippen LogP contribution in [0, 0.1) is 10.1 Å². The molecule has 1 atom stereocenters. The molecule has 1 aliphatic heterocycles. The van der Waals surface area contributed by atoms with Crippen molar-refractivity contribution in [2.45, 2.75) is 30.2 Å². The van der Waals surface area contributed by atoms with Gasteiger partial charge in [0.2, 0.25) is 10.0 Å². The highest BCUT2D eigenvalue weighted by Crippen LogP contribution is 2.26. The summed E-state index contributed by atoms with van der Waals surface area (Å²) >= 11 is 0. The first-order valence-corrected chi connectivity index (χ1v) is 7.75. The number of hydrogen-bond donors (Lipinski definition) is 0. The van der Waals surface area contributed by atoms with Crippen LogP contribution >= 0.6 is 0 Å². The molecule has 0 saturated carbocycles. The van der Waals surface area contributed by atoms with Gasteiger partial charge in [0, 0.05) is 18.7 Å². The summed E-state index contributed by atoms with van der Waals surface area (Å²) in [7, 11) is -4.01. The number of aliphatic carboxylic acids is 1. The van der Waals surface area contributed by atoms with E-state index < -0.39 is 27.0 Å². The van der Waals surface area contributed by atoms with Gasteiger partial charge in [0.15, 0.2) is 0 Å². The Morgan fingerprint density at radius 2 is 1.86 bits per heavy atom. The predicted molar refractivity (Wildman–Crippen MR) is 69.6 cm³/mol. The number of benzene rings is 1. The number of carbonyl (C=O) groups excluding carboxylic acids is 1. The molecule has 0 aliphatic carbocycles. The Morgan fingerprint density at radius 1 is 1.24 bits per heavy atom. The number of rotatable bonds is 4. The van der Waals surface area contributed by atoms with Crippen molar-refractivity contribution in [1.82, 2.24) is 4.31 Å². The summed E-state index contributed by atoms with van der Waals surface area (Å²) in [5, 5.41) is 21.6. The number of piperidine rings is 1. The number of nitrogens with zero attached hydrogens (tertiary/aromatic N) is 2. The average molecular weight is 313 g/mol. The summed E-state index contributed by atoms with van der Waals surface area (Å²) in [5.41, 5.74) is -0.232. The molecule has 1 aromatic rings. The average Bonchev–Trinajstić information content (AvgIpc) is 2.47. The minimum Gasteiger partial charge on any atom is -0.548 e. The lowest BCUT2D eigenvalue weighted by Crippen LogP contribution is -2.52. The highest BCUT2D eigenvalue weighted by Gasteiger charge is 2.34. The molecule has 0 aromatic heterocycles. The number of non-ortho nitro benzene ring substituents is 1. The summed E-state index contributed by atoms with van der Waals surface area (Å²) in [6.07, 6.45) is 1.38. The lowest BCUT2D eigenvalue weighted by molar-refractivity contribution is -0.384. The maximum atomic E-state index is 12.4. The first-order valence-electron chi connectivity index (χ1n) is 6.31. The second-order valence-electron chi connectivity index (χ2n) is 4.70. The molecule has 0 N–H and O–H groups in total. The fourth-order valence-electron chi connectivity index (χ4n) is 2.30. The standard InChI is InChI=1S/C12H14N2O6S/c15-12(16)11-3-1-2-8-13(11)21(19,20)10-6-4-9(5-7-10)14(17)18/h4-7,11H,1-3,8H2,(H,15,16)/p-1/t11-/m0/s1. The van der Waals surface area contributed by atoms with E-state index in [2.05, 4.69) is 0 Å². The van der Waals surface area contributed by atoms with Crippen molar-refractivity contribution in [2.24, 2.45) is 0 Å². The number of carboxylic acid groups (broad SMARTS) is 1. The van der Waals surface area contributed by atoms with Gasteiger partial charge in [0.1, 0.15) is 0 Å². The molecule has 1 aromatic carbocycles. The summed E-state index contributed by atoms with van der Waals surface area (Å²) in [4.78, 5) is 20.8. The Balaban J connectivity index is 2.35. The zero-order valence-corrected chi connectivity index (χ0v) is 11.8. The van der Waals surface area contributed by atoms with E-state index in [0.717, 1.165) is 28.6 Å². The summed E-state index contributed by atoms with van der Waals surface area (Å²) in [6, 6.07) is 3.16. The van der Waals surface area contributed by atoms with Gasteiger partial charge in [-0.3, -0.25) is 10.1 Å². The third-order valence-corrected chi connectivity index (χ3v) is 5.30. The number of nitro groups is 1. The van der Waals surface area contributed by atoms with Gasteiger partial charge < -0.3 is 9.90 Å². The number of nitro benzene ring substituents is 1. The Hall–Kier alpha value is -2.00. The maximum Gasteiger partial charge on any atom is 0.269 e. The van der Waals surface area contributed by atoms with E-state index in [1.807, 2.05) is 0 Å². The van der Waals surface area contributed by atoms with E-state index in [1.165, 1.54) is 0 Å². The van der Waals surface area contributed by atoms with Gasteiger partial charge in [-0.2, -0.15) is 4.31 Å². The highest BCUT2D eigenvalue weighted by atomic mass is 32.2. The molecule has 0 bridgehead atoms. The Morgan fingerprint density at radius 3 is 2.38 bits per heavy atom. The van der Waals surface area contributed by atoms with Crippen LogP contribution in [0.15, 0.2) is 29.2 Å². The van der Waals surface area contributed by atoms with Crippen molar-refractivity contribution < 1.29 is 23.2 Å². The van der Waals surface area contributed by atoms with E-state index in [4.69, 9.17) is 0 Å². The van der Waals surface area contributed by atoms with E-state index >= 15 is 0 Å². The van der Waals surface area contributed by atoms with Crippen LogP contribution in [0.1, 0.15) is 19.3 Å². The fourth-order valence-corrected chi connectivity index (χ4v) is 3.95. The zero-order chi connectivity index (χ0) is 15.6. The number of carboxylic acids is 1. The van der Waals surface area contributed by atoms with Crippen molar-refractivity contribution in [3.63, 3.8) is 0 Å². The van der Waals surface area contributed by atoms with Gasteiger partial charge >= 0.3 is 0 Å². The van der Waals surface area contributed by atoms with Crippen LogP contribution in [0.2, 0.25) is 0 Å². The highest BCUT2D eigenvalue weighted by molar-refractivity contribution is 7.89. The van der Waals surface area contributed by atoms with Crippen molar-refractivity contribution in [3.8, 4) is 0 Å². The minimum atomic E-state index is -4.01. The van der Waals surface area contributed by atoms with Crippen LogP contribution in [0.3, 0.4) is 0 Å². The molecule has 1 aliphatic rings. The lowest BCUT2D eigenvalue weighted by atomic mass is 10.1. The number of hydrogen-bond acceptors (Lipinski definition) is 6. The first kappa shape index (κ1) is 15.4. The predicted octanol–water partition coefficient (Wildman–Crippen LogP) is -0.112. The lowest BCUT2D eigenvalue weighted by Gasteiger charge is -2.35. The quantitative estimate of drug-likeness (QED) is 0.564. The molecule has 0 unspecified atom stereocenters. The molecule has 0 radical (unpaired) electrons. The van der Waals surface area contributed by atoms with Gasteiger partial charge in [-0.25, -0.2) is 8.42 Å². The van der Waals surface area contributed by atoms with Crippen molar-refractivity contribution in [3.05, 3.63) is 34.4 Å². The molecule has 1 heterocycles. The van der Waals surface area contributed by atoms with Crippen LogP contribution in [-0.2, 0) is 14.8 Å². The van der Waals surface area contributed by atoms with Gasteiger partial charge in [-0.1, -0.05) is 6.42 Å². The molecular formula is C12H13N2O6S-. The van der Waals surface area contributed by atoms with Crippen LogP contribution in [-0.4, -0.2) is 36.2 Å². The van der Waals surface area contributed by atoms with E-state index in [1.54, 1.807) is 0 Å². The van der Waals surface area contributed by atoms with Gasteiger partial charge in [0.05, 0.1) is 21.8 Å². The fraction of sp³-hybridized carbons (Fsp3) is 0.417. The molecular weight excluding hydrogens is 300 g/mol. The van der Waals surface area contributed by atoms with Crippen LogP contribution in [0.25, 0.3) is 0 Å². The zero-order valence-electron chi connectivity index (χ0n) is 11.0. The van der Waals surface area contributed by atoms with Gasteiger partial charge in [-0.05, 0) is 25.0 Å². The van der Waals surface area contributed by atoms with E-state index in [0.29, 0.717) is 12.8 Å².